The van der Waals surface area contributed by atoms with Crippen LogP contribution in [0.25, 0.3) is 0 Å². The van der Waals surface area contributed by atoms with Gasteiger partial charge in [0.25, 0.3) is 0 Å². The predicted molar refractivity (Wildman–Crippen MR) is 102 cm³/mol. The number of likely N-dealkylation sites (tertiary alicyclic amines) is 2. The van der Waals surface area contributed by atoms with E-state index in [1.165, 1.54) is 0 Å². The molecule has 7 nitrogen and oxygen atoms in total. The van der Waals surface area contributed by atoms with Crippen LogP contribution in [0.3, 0.4) is 0 Å². The first-order chi connectivity index (χ1) is 12.5. The van der Waals surface area contributed by atoms with Gasteiger partial charge in [-0.25, -0.2) is 0 Å². The van der Waals surface area contributed by atoms with Crippen molar-refractivity contribution >= 4 is 30.2 Å². The standard InChI is InChI=1S/C19H25N3O4.ClH/c23-17(13-21-9-3-7-16(21)19(25)26)20-11-14-5-1-2-6-15(14)12-22-10-4-8-18(22)24;/h1-2,5-6,16H,3-4,7-13H2,(H,20,23)(H,25,26);1H/t16-;/m0./s1. The van der Waals surface area contributed by atoms with Crippen LogP contribution in [0.1, 0.15) is 36.8 Å². The molecule has 27 heavy (non-hydrogen) atoms. The number of benzene rings is 1. The molecule has 2 heterocycles. The van der Waals surface area contributed by atoms with Gasteiger partial charge in [0, 0.05) is 26.1 Å². The third kappa shape index (κ3) is 5.43. The highest BCUT2D eigenvalue weighted by atomic mass is 35.5. The number of nitrogens with one attached hydrogen (secondary N) is 1. The summed E-state index contributed by atoms with van der Waals surface area (Å²) in [6.45, 7) is 2.47. The fourth-order valence-electron chi connectivity index (χ4n) is 3.69. The van der Waals surface area contributed by atoms with E-state index in [0.29, 0.717) is 32.5 Å². The Balaban J connectivity index is 0.00000261. The van der Waals surface area contributed by atoms with E-state index < -0.39 is 12.0 Å². The molecule has 3 rings (SSSR count). The first-order valence-corrected chi connectivity index (χ1v) is 9.12. The molecule has 2 amide bonds. The van der Waals surface area contributed by atoms with Crippen molar-refractivity contribution in [1.82, 2.24) is 15.1 Å². The molecule has 0 unspecified atom stereocenters. The molecule has 1 aromatic carbocycles. The molecule has 1 aromatic rings. The van der Waals surface area contributed by atoms with Crippen molar-refractivity contribution in [3.05, 3.63) is 35.4 Å². The van der Waals surface area contributed by atoms with Gasteiger partial charge >= 0.3 is 5.97 Å². The molecule has 2 N–H and O–H groups in total. The molecular formula is C19H26ClN3O4. The molecule has 2 fully saturated rings. The van der Waals surface area contributed by atoms with E-state index in [4.69, 9.17) is 0 Å². The van der Waals surface area contributed by atoms with Crippen molar-refractivity contribution in [1.29, 1.82) is 0 Å². The summed E-state index contributed by atoms with van der Waals surface area (Å²) in [5, 5.41) is 12.1. The number of hydrogen-bond acceptors (Lipinski definition) is 4. The Bertz CT molecular complexity index is 697. The predicted octanol–water partition coefficient (Wildman–Crippen LogP) is 1.40. The number of carbonyl (C=O) groups excluding carboxylic acids is 2. The van der Waals surface area contributed by atoms with Gasteiger partial charge in [0.2, 0.25) is 11.8 Å². The van der Waals surface area contributed by atoms with Gasteiger partial charge in [-0.15, -0.1) is 12.4 Å². The molecule has 0 radical (unpaired) electrons. The third-order valence-electron chi connectivity index (χ3n) is 5.12. The minimum absolute atomic E-state index is 0. The van der Waals surface area contributed by atoms with Crippen LogP contribution in [0.5, 0.6) is 0 Å². The van der Waals surface area contributed by atoms with Gasteiger partial charge in [-0.05, 0) is 36.9 Å². The number of amides is 2. The van der Waals surface area contributed by atoms with Crippen molar-refractivity contribution in [2.24, 2.45) is 0 Å². The molecule has 8 heteroatoms. The fourth-order valence-corrected chi connectivity index (χ4v) is 3.69. The number of nitrogens with zero attached hydrogens (tertiary/aromatic N) is 2. The Hall–Kier alpha value is -2.12. The second-order valence-corrected chi connectivity index (χ2v) is 6.93. The molecular weight excluding hydrogens is 370 g/mol. The molecule has 148 valence electrons. The molecule has 0 spiro atoms. The molecule has 1 atom stereocenters. The average Bonchev–Trinajstić information content (AvgIpc) is 3.23. The highest BCUT2D eigenvalue weighted by molar-refractivity contribution is 5.85. The quantitative estimate of drug-likeness (QED) is 0.728. The second kappa shape index (κ2) is 9.71. The summed E-state index contributed by atoms with van der Waals surface area (Å²) in [6, 6.07) is 7.22. The number of aliphatic carboxylic acids is 1. The third-order valence-corrected chi connectivity index (χ3v) is 5.12. The Kier molecular flexibility index (Phi) is 7.62. The van der Waals surface area contributed by atoms with E-state index >= 15 is 0 Å². The molecule has 2 saturated heterocycles. The highest BCUT2D eigenvalue weighted by Gasteiger charge is 2.31. The van der Waals surface area contributed by atoms with Crippen LogP contribution in [-0.4, -0.2) is 58.4 Å². The number of halogens is 1. The zero-order valence-corrected chi connectivity index (χ0v) is 16.0. The maximum Gasteiger partial charge on any atom is 0.320 e. The van der Waals surface area contributed by atoms with Gasteiger partial charge in [-0.2, -0.15) is 0 Å². The lowest BCUT2D eigenvalue weighted by Crippen LogP contribution is -2.42. The molecule has 2 aliphatic heterocycles. The van der Waals surface area contributed by atoms with E-state index in [9.17, 15) is 19.5 Å². The van der Waals surface area contributed by atoms with E-state index in [-0.39, 0.29) is 30.8 Å². The zero-order chi connectivity index (χ0) is 18.5. The van der Waals surface area contributed by atoms with Gasteiger partial charge < -0.3 is 15.3 Å². The number of carboxylic acid groups (broad SMARTS) is 1. The first-order valence-electron chi connectivity index (χ1n) is 9.12. The number of hydrogen-bond donors (Lipinski definition) is 2. The maximum absolute atomic E-state index is 12.2. The topological polar surface area (TPSA) is 89.9 Å². The van der Waals surface area contributed by atoms with Gasteiger partial charge in [-0.1, -0.05) is 24.3 Å². The molecule has 0 aromatic heterocycles. The normalized spacial score (nSPS) is 19.8. The van der Waals surface area contributed by atoms with Crippen molar-refractivity contribution in [3.63, 3.8) is 0 Å². The van der Waals surface area contributed by atoms with Crippen LogP contribution in [0.2, 0.25) is 0 Å². The van der Waals surface area contributed by atoms with Crippen molar-refractivity contribution in [2.75, 3.05) is 19.6 Å². The second-order valence-electron chi connectivity index (χ2n) is 6.93. The largest absolute Gasteiger partial charge is 0.480 e. The molecule has 0 bridgehead atoms. The summed E-state index contributed by atoms with van der Waals surface area (Å²) in [6.07, 6.45) is 2.91. The van der Waals surface area contributed by atoms with E-state index in [2.05, 4.69) is 5.32 Å². The van der Waals surface area contributed by atoms with Crippen LogP contribution in [0.15, 0.2) is 24.3 Å². The highest BCUT2D eigenvalue weighted by Crippen LogP contribution is 2.18. The van der Waals surface area contributed by atoms with Crippen molar-refractivity contribution < 1.29 is 19.5 Å². The van der Waals surface area contributed by atoms with Crippen molar-refractivity contribution in [3.8, 4) is 0 Å². The van der Waals surface area contributed by atoms with E-state index in [1.54, 1.807) is 4.90 Å². The van der Waals surface area contributed by atoms with Crippen LogP contribution in [-0.2, 0) is 27.5 Å². The lowest BCUT2D eigenvalue weighted by molar-refractivity contribution is -0.142. The van der Waals surface area contributed by atoms with Crippen LogP contribution >= 0.6 is 12.4 Å². The van der Waals surface area contributed by atoms with E-state index in [0.717, 1.165) is 30.5 Å². The lowest BCUT2D eigenvalue weighted by atomic mass is 10.1. The maximum atomic E-state index is 12.2. The smallest absolute Gasteiger partial charge is 0.320 e. The lowest BCUT2D eigenvalue weighted by Gasteiger charge is -2.21. The minimum Gasteiger partial charge on any atom is -0.480 e. The Labute approximate surface area is 165 Å². The summed E-state index contributed by atoms with van der Waals surface area (Å²) < 4.78 is 0. The summed E-state index contributed by atoms with van der Waals surface area (Å²) >= 11 is 0. The van der Waals surface area contributed by atoms with Gasteiger partial charge in [0.15, 0.2) is 0 Å². The van der Waals surface area contributed by atoms with Gasteiger partial charge in [0.1, 0.15) is 6.04 Å². The summed E-state index contributed by atoms with van der Waals surface area (Å²) in [4.78, 5) is 38.8. The number of carbonyl (C=O) groups is 3. The SMILES string of the molecule is Cl.O=C(CN1CCC[C@H]1C(=O)O)NCc1ccccc1CN1CCCC1=O. The Morgan fingerprint density at radius 2 is 1.89 bits per heavy atom. The molecule has 0 aliphatic carbocycles. The van der Waals surface area contributed by atoms with E-state index in [1.807, 2.05) is 29.2 Å². The fraction of sp³-hybridized carbons (Fsp3) is 0.526. The Morgan fingerprint density at radius 3 is 2.56 bits per heavy atom. The summed E-state index contributed by atoms with van der Waals surface area (Å²) in [5.41, 5.74) is 2.02. The molecule has 0 saturated carbocycles. The summed E-state index contributed by atoms with van der Waals surface area (Å²) in [5.74, 6) is -0.862. The first kappa shape index (κ1) is 21.2. The minimum atomic E-state index is -0.865. The monoisotopic (exact) mass is 395 g/mol. The zero-order valence-electron chi connectivity index (χ0n) is 15.2. The van der Waals surface area contributed by atoms with Gasteiger partial charge in [0.05, 0.1) is 6.54 Å². The summed E-state index contributed by atoms with van der Waals surface area (Å²) in [7, 11) is 0. The number of carboxylic acids is 1. The van der Waals surface area contributed by atoms with Gasteiger partial charge in [-0.3, -0.25) is 19.3 Å². The van der Waals surface area contributed by atoms with Crippen LogP contribution < -0.4 is 5.32 Å². The Morgan fingerprint density at radius 1 is 1.15 bits per heavy atom. The average molecular weight is 396 g/mol. The van der Waals surface area contributed by atoms with Crippen LogP contribution in [0, 0.1) is 0 Å². The number of rotatable bonds is 7. The molecule has 2 aliphatic rings. The van der Waals surface area contributed by atoms with Crippen LogP contribution in [0.4, 0.5) is 0 Å². The van der Waals surface area contributed by atoms with Crippen molar-refractivity contribution in [2.45, 2.75) is 44.8 Å².